The molecule has 6 heteroatoms. The van der Waals surface area contributed by atoms with Crippen LogP contribution in [0.3, 0.4) is 0 Å². The lowest BCUT2D eigenvalue weighted by atomic mass is 10.3. The van der Waals surface area contributed by atoms with Crippen LogP contribution in [0.5, 0.6) is 0 Å². The molecule has 0 aliphatic heterocycles. The Morgan fingerprint density at radius 3 is 3.00 bits per heavy atom. The van der Waals surface area contributed by atoms with Gasteiger partial charge in [0, 0.05) is 6.04 Å². The van der Waals surface area contributed by atoms with E-state index in [0.717, 1.165) is 11.5 Å². The van der Waals surface area contributed by atoms with Gasteiger partial charge in [0.15, 0.2) is 11.5 Å². The number of nitrogens with zero attached hydrogens (tertiary/aromatic N) is 4. The summed E-state index contributed by atoms with van der Waals surface area (Å²) in [5, 5.41) is 24.1. The van der Waals surface area contributed by atoms with E-state index < -0.39 is 0 Å². The highest BCUT2D eigenvalue weighted by Crippen LogP contribution is 2.07. The Morgan fingerprint density at radius 2 is 2.27 bits per heavy atom. The summed E-state index contributed by atoms with van der Waals surface area (Å²) in [6, 6.07) is 3.63. The first kappa shape index (κ1) is 9.85. The Hall–Kier alpha value is -1.69. The van der Waals surface area contributed by atoms with Gasteiger partial charge in [-0.1, -0.05) is 0 Å². The summed E-state index contributed by atoms with van der Waals surface area (Å²) in [7, 11) is 0. The fraction of sp³-hybridized carbons (Fsp3) is 0.444. The van der Waals surface area contributed by atoms with Gasteiger partial charge in [-0.05, 0) is 26.0 Å². The lowest BCUT2D eigenvalue weighted by Crippen LogP contribution is -2.20. The Morgan fingerprint density at radius 1 is 1.47 bits per heavy atom. The predicted octanol–water partition coefficient (Wildman–Crippen LogP) is 0.225. The Labute approximate surface area is 86.9 Å². The van der Waals surface area contributed by atoms with E-state index in [1.165, 1.54) is 0 Å². The van der Waals surface area contributed by atoms with Crippen molar-refractivity contribution >= 4 is 11.5 Å². The minimum absolute atomic E-state index is 0.0215. The third kappa shape index (κ3) is 1.89. The molecule has 2 aromatic rings. The SMILES string of the molecule is Cc1nnc2ccc(N[C@@H](C)CO)nn12. The van der Waals surface area contributed by atoms with E-state index in [2.05, 4.69) is 20.6 Å². The van der Waals surface area contributed by atoms with Gasteiger partial charge in [-0.25, -0.2) is 0 Å². The third-order valence-corrected chi connectivity index (χ3v) is 2.09. The summed E-state index contributed by atoms with van der Waals surface area (Å²) < 4.78 is 1.66. The summed E-state index contributed by atoms with van der Waals surface area (Å²) in [5.41, 5.74) is 0.717. The zero-order valence-electron chi connectivity index (χ0n) is 8.68. The highest BCUT2D eigenvalue weighted by molar-refractivity contribution is 5.44. The van der Waals surface area contributed by atoms with E-state index in [1.54, 1.807) is 4.52 Å². The Kier molecular flexibility index (Phi) is 2.51. The van der Waals surface area contributed by atoms with Gasteiger partial charge in [0.1, 0.15) is 5.82 Å². The molecule has 2 rings (SSSR count). The molecule has 0 aliphatic rings. The predicted molar refractivity (Wildman–Crippen MR) is 55.7 cm³/mol. The van der Waals surface area contributed by atoms with Crippen LogP contribution < -0.4 is 5.32 Å². The standard InChI is InChI=1S/C9H13N5O/c1-6(5-15)10-8-3-4-9-12-11-7(2)14(9)13-8/h3-4,6,15H,5H2,1-2H3,(H,10,13)/t6-/m0/s1. The van der Waals surface area contributed by atoms with Crippen molar-refractivity contribution in [2.75, 3.05) is 11.9 Å². The molecule has 0 bridgehead atoms. The van der Waals surface area contributed by atoms with Crippen LogP contribution in [0.2, 0.25) is 0 Å². The molecule has 1 atom stereocenters. The maximum Gasteiger partial charge on any atom is 0.178 e. The van der Waals surface area contributed by atoms with Crippen LogP contribution >= 0.6 is 0 Å². The number of aromatic nitrogens is 4. The average molecular weight is 207 g/mol. The van der Waals surface area contributed by atoms with Crippen LogP contribution in [0.4, 0.5) is 5.82 Å². The maximum atomic E-state index is 8.90. The van der Waals surface area contributed by atoms with E-state index in [4.69, 9.17) is 5.11 Å². The number of aliphatic hydroxyl groups excluding tert-OH is 1. The van der Waals surface area contributed by atoms with Crippen molar-refractivity contribution in [1.82, 2.24) is 19.8 Å². The number of aryl methyl sites for hydroxylation is 1. The van der Waals surface area contributed by atoms with Crippen LogP contribution in [-0.4, -0.2) is 37.6 Å². The molecule has 0 aliphatic carbocycles. The molecule has 0 fully saturated rings. The number of hydrogen-bond donors (Lipinski definition) is 2. The molecule has 0 amide bonds. The minimum atomic E-state index is -0.0215. The summed E-state index contributed by atoms with van der Waals surface area (Å²) >= 11 is 0. The van der Waals surface area contributed by atoms with Crippen molar-refractivity contribution in [2.24, 2.45) is 0 Å². The lowest BCUT2D eigenvalue weighted by Gasteiger charge is -2.10. The lowest BCUT2D eigenvalue weighted by molar-refractivity contribution is 0.281. The molecule has 15 heavy (non-hydrogen) atoms. The van der Waals surface area contributed by atoms with Crippen molar-refractivity contribution in [3.05, 3.63) is 18.0 Å². The molecule has 2 aromatic heterocycles. The molecule has 2 heterocycles. The van der Waals surface area contributed by atoms with Crippen LogP contribution in [0.25, 0.3) is 5.65 Å². The first-order valence-corrected chi connectivity index (χ1v) is 4.77. The van der Waals surface area contributed by atoms with Gasteiger partial charge in [0.05, 0.1) is 6.61 Å². The summed E-state index contributed by atoms with van der Waals surface area (Å²) in [5.74, 6) is 1.44. The molecule has 0 spiro atoms. The molecular formula is C9H13N5O. The van der Waals surface area contributed by atoms with Crippen molar-refractivity contribution in [3.63, 3.8) is 0 Å². The highest BCUT2D eigenvalue weighted by Gasteiger charge is 2.05. The van der Waals surface area contributed by atoms with Crippen molar-refractivity contribution in [1.29, 1.82) is 0 Å². The number of rotatable bonds is 3. The van der Waals surface area contributed by atoms with E-state index >= 15 is 0 Å². The highest BCUT2D eigenvalue weighted by atomic mass is 16.3. The van der Waals surface area contributed by atoms with Crippen LogP contribution in [0.15, 0.2) is 12.1 Å². The molecule has 0 saturated carbocycles. The zero-order chi connectivity index (χ0) is 10.8. The van der Waals surface area contributed by atoms with Gasteiger partial charge >= 0.3 is 0 Å². The quantitative estimate of drug-likeness (QED) is 0.753. The van der Waals surface area contributed by atoms with Crippen molar-refractivity contribution in [2.45, 2.75) is 19.9 Å². The zero-order valence-corrected chi connectivity index (χ0v) is 8.68. The monoisotopic (exact) mass is 207 g/mol. The first-order valence-electron chi connectivity index (χ1n) is 4.77. The van der Waals surface area contributed by atoms with Crippen molar-refractivity contribution < 1.29 is 5.11 Å². The fourth-order valence-electron chi connectivity index (χ4n) is 1.27. The molecule has 0 radical (unpaired) electrons. The van der Waals surface area contributed by atoms with Gasteiger partial charge in [-0.3, -0.25) is 0 Å². The fourth-order valence-corrected chi connectivity index (χ4v) is 1.27. The number of fused-ring (bicyclic) bond motifs is 1. The minimum Gasteiger partial charge on any atom is -0.394 e. The molecule has 80 valence electrons. The largest absolute Gasteiger partial charge is 0.394 e. The summed E-state index contributed by atoms with van der Waals surface area (Å²) in [4.78, 5) is 0. The number of hydrogen-bond acceptors (Lipinski definition) is 5. The van der Waals surface area contributed by atoms with E-state index in [-0.39, 0.29) is 12.6 Å². The van der Waals surface area contributed by atoms with Gasteiger partial charge in [-0.2, -0.15) is 4.52 Å². The maximum absolute atomic E-state index is 8.90. The smallest absolute Gasteiger partial charge is 0.178 e. The molecule has 6 nitrogen and oxygen atoms in total. The van der Waals surface area contributed by atoms with Gasteiger partial charge < -0.3 is 10.4 Å². The topological polar surface area (TPSA) is 75.3 Å². The molecule has 0 saturated heterocycles. The molecular weight excluding hydrogens is 194 g/mol. The molecule has 2 N–H and O–H groups in total. The number of nitrogens with one attached hydrogen (secondary N) is 1. The second kappa shape index (κ2) is 3.82. The number of aliphatic hydroxyl groups is 1. The normalized spacial score (nSPS) is 13.0. The van der Waals surface area contributed by atoms with Gasteiger partial charge in [0.25, 0.3) is 0 Å². The molecule has 0 unspecified atom stereocenters. The summed E-state index contributed by atoms with van der Waals surface area (Å²) in [6.07, 6.45) is 0. The summed E-state index contributed by atoms with van der Waals surface area (Å²) in [6.45, 7) is 3.79. The van der Waals surface area contributed by atoms with Crippen LogP contribution in [-0.2, 0) is 0 Å². The van der Waals surface area contributed by atoms with E-state index in [1.807, 2.05) is 26.0 Å². The van der Waals surface area contributed by atoms with Gasteiger partial charge in [-0.15, -0.1) is 15.3 Å². The average Bonchev–Trinajstić information content (AvgIpc) is 2.60. The molecule has 0 aromatic carbocycles. The van der Waals surface area contributed by atoms with E-state index in [0.29, 0.717) is 5.82 Å². The third-order valence-electron chi connectivity index (χ3n) is 2.09. The second-order valence-corrected chi connectivity index (χ2v) is 3.46. The number of anilines is 1. The van der Waals surface area contributed by atoms with Gasteiger partial charge in [0.2, 0.25) is 0 Å². The Balaban J connectivity index is 2.33. The van der Waals surface area contributed by atoms with Crippen molar-refractivity contribution in [3.8, 4) is 0 Å². The second-order valence-electron chi connectivity index (χ2n) is 3.46. The van der Waals surface area contributed by atoms with Crippen LogP contribution in [0.1, 0.15) is 12.7 Å². The van der Waals surface area contributed by atoms with E-state index in [9.17, 15) is 0 Å². The van der Waals surface area contributed by atoms with Crippen LogP contribution in [0, 0.1) is 6.92 Å². The Bertz CT molecular complexity index is 466. The first-order chi connectivity index (χ1) is 7.20.